The Bertz CT molecular complexity index is 1530. The molecule has 1 aliphatic carbocycles. The minimum absolute atomic E-state index is 0.139. The van der Waals surface area contributed by atoms with Crippen molar-refractivity contribution in [1.29, 1.82) is 0 Å². The molecule has 0 aromatic heterocycles. The van der Waals surface area contributed by atoms with Crippen molar-refractivity contribution >= 4 is 23.5 Å². The van der Waals surface area contributed by atoms with Gasteiger partial charge in [-0.3, -0.25) is 25.0 Å². The van der Waals surface area contributed by atoms with Crippen LogP contribution in [0.25, 0.3) is 0 Å². The number of hydrogen-bond donors (Lipinski definition) is 1. The van der Waals surface area contributed by atoms with Gasteiger partial charge < -0.3 is 4.74 Å². The molecule has 194 valence electrons. The molecule has 0 heterocycles. The van der Waals surface area contributed by atoms with Gasteiger partial charge in [-0.1, -0.05) is 72.8 Å². The van der Waals surface area contributed by atoms with Crippen LogP contribution >= 0.6 is 0 Å². The van der Waals surface area contributed by atoms with E-state index in [1.54, 1.807) is 24.3 Å². The third-order valence-corrected chi connectivity index (χ3v) is 6.68. The summed E-state index contributed by atoms with van der Waals surface area (Å²) in [6, 6.07) is 29.6. The lowest BCUT2D eigenvalue weighted by molar-refractivity contribution is -0.394. The number of hydrogen-bond acceptors (Lipinski definition) is 7. The predicted octanol–water partition coefficient (Wildman–Crippen LogP) is 5.75. The zero-order valence-electron chi connectivity index (χ0n) is 20.5. The Balaban J connectivity index is 1.29. The number of carbonyl (C=O) groups excluding carboxylic acids is 1. The Labute approximate surface area is 222 Å². The van der Waals surface area contributed by atoms with Gasteiger partial charge in [0.1, 0.15) is 5.75 Å². The monoisotopic (exact) mass is 522 g/mol. The van der Waals surface area contributed by atoms with Gasteiger partial charge >= 0.3 is 5.69 Å². The number of rotatable bonds is 9. The lowest BCUT2D eigenvalue weighted by atomic mass is 9.85. The number of carbonyl (C=O) groups is 1. The van der Waals surface area contributed by atoms with Crippen molar-refractivity contribution < 1.29 is 19.4 Å². The highest BCUT2D eigenvalue weighted by Gasteiger charge is 2.60. The number of hydrazone groups is 1. The zero-order valence-corrected chi connectivity index (χ0v) is 20.5. The summed E-state index contributed by atoms with van der Waals surface area (Å²) in [6.07, 6.45) is 2.11. The summed E-state index contributed by atoms with van der Waals surface area (Å²) in [5, 5.41) is 26.5. The molecule has 0 saturated heterocycles. The van der Waals surface area contributed by atoms with Crippen LogP contribution in [-0.4, -0.2) is 22.0 Å². The number of benzene rings is 4. The predicted molar refractivity (Wildman–Crippen MR) is 144 cm³/mol. The molecule has 1 saturated carbocycles. The fraction of sp³-hybridized carbons (Fsp3) is 0.103. The van der Waals surface area contributed by atoms with Crippen LogP contribution in [-0.2, 0) is 10.2 Å². The topological polar surface area (TPSA) is 137 Å². The molecule has 0 spiro atoms. The summed E-state index contributed by atoms with van der Waals surface area (Å²) in [5.74, 6) is -0.360. The molecule has 39 heavy (non-hydrogen) atoms. The van der Waals surface area contributed by atoms with Crippen LogP contribution in [0, 0.1) is 26.1 Å². The average molecular weight is 523 g/mol. The third-order valence-electron chi connectivity index (χ3n) is 6.68. The number of nitro groups is 2. The molecule has 4 aromatic carbocycles. The summed E-state index contributed by atoms with van der Waals surface area (Å²) >= 11 is 0. The van der Waals surface area contributed by atoms with Crippen molar-refractivity contribution in [3.8, 4) is 11.5 Å². The molecule has 0 radical (unpaired) electrons. The van der Waals surface area contributed by atoms with Crippen LogP contribution in [0.5, 0.6) is 11.5 Å². The second kappa shape index (κ2) is 10.5. The van der Waals surface area contributed by atoms with E-state index < -0.39 is 26.6 Å². The van der Waals surface area contributed by atoms with Crippen molar-refractivity contribution in [2.24, 2.45) is 11.0 Å². The molecule has 1 atom stereocenters. The molecule has 1 N–H and O–H groups in total. The number of nitrogens with one attached hydrogen (secondary N) is 1. The van der Waals surface area contributed by atoms with Gasteiger partial charge in [-0.2, -0.15) is 5.10 Å². The van der Waals surface area contributed by atoms with Crippen molar-refractivity contribution in [3.63, 3.8) is 0 Å². The van der Waals surface area contributed by atoms with Gasteiger partial charge in [0, 0.05) is 11.5 Å². The van der Waals surface area contributed by atoms with Crippen molar-refractivity contribution in [1.82, 2.24) is 5.43 Å². The second-order valence-electron chi connectivity index (χ2n) is 9.04. The summed E-state index contributed by atoms with van der Waals surface area (Å²) < 4.78 is 5.63. The van der Waals surface area contributed by atoms with Gasteiger partial charge in [0.2, 0.25) is 11.7 Å². The lowest BCUT2D eigenvalue weighted by Crippen LogP contribution is -2.25. The van der Waals surface area contributed by atoms with Gasteiger partial charge in [-0.15, -0.1) is 0 Å². The number of non-ortho nitro benzene ring substituents is 1. The van der Waals surface area contributed by atoms with Crippen LogP contribution in [0.2, 0.25) is 0 Å². The maximum absolute atomic E-state index is 13.1. The molecule has 10 nitrogen and oxygen atoms in total. The normalized spacial score (nSPS) is 15.4. The Kier molecular flexibility index (Phi) is 6.83. The first-order chi connectivity index (χ1) is 18.9. The summed E-state index contributed by atoms with van der Waals surface area (Å²) in [6.45, 7) is 0. The largest absolute Gasteiger partial charge is 0.450 e. The van der Waals surface area contributed by atoms with Crippen LogP contribution in [0.3, 0.4) is 0 Å². The minimum atomic E-state index is -0.744. The Morgan fingerprint density at radius 1 is 0.872 bits per heavy atom. The first kappa shape index (κ1) is 25.3. The van der Waals surface area contributed by atoms with Gasteiger partial charge in [0.15, 0.2) is 0 Å². The van der Waals surface area contributed by atoms with Crippen LogP contribution in [0.4, 0.5) is 11.4 Å². The zero-order chi connectivity index (χ0) is 27.4. The molecule has 1 amide bonds. The fourth-order valence-corrected chi connectivity index (χ4v) is 4.74. The number of ether oxygens (including phenoxy) is 1. The fourth-order valence-electron chi connectivity index (χ4n) is 4.74. The lowest BCUT2D eigenvalue weighted by Gasteiger charge is -2.18. The molecule has 0 bridgehead atoms. The summed E-state index contributed by atoms with van der Waals surface area (Å²) in [7, 11) is 0. The van der Waals surface area contributed by atoms with Crippen molar-refractivity contribution in [2.75, 3.05) is 0 Å². The van der Waals surface area contributed by atoms with E-state index in [1.165, 1.54) is 12.3 Å². The van der Waals surface area contributed by atoms with Gasteiger partial charge in [-0.25, -0.2) is 5.43 Å². The highest BCUT2D eigenvalue weighted by Crippen LogP contribution is 2.58. The van der Waals surface area contributed by atoms with Gasteiger partial charge in [0.25, 0.3) is 5.69 Å². The Hall–Kier alpha value is -5.38. The van der Waals surface area contributed by atoms with E-state index in [0.29, 0.717) is 12.0 Å². The van der Waals surface area contributed by atoms with E-state index in [1.807, 2.05) is 60.7 Å². The summed E-state index contributed by atoms with van der Waals surface area (Å²) in [5.41, 5.74) is 4.01. The third kappa shape index (κ3) is 5.21. The molecule has 0 aliphatic heterocycles. The Morgan fingerprint density at radius 2 is 1.54 bits per heavy atom. The highest BCUT2D eigenvalue weighted by atomic mass is 16.6. The minimum Gasteiger partial charge on any atom is -0.450 e. The number of nitro benzene ring substituents is 2. The SMILES string of the molecule is O=C(N/N=C/c1cccc(Oc2ccc([N+](=O)[O-])cc2[N+](=O)[O-])c1)C1CC1(c1ccccc1)c1ccccc1. The molecular weight excluding hydrogens is 500 g/mol. The molecular formula is C29H22N4O6. The first-order valence-electron chi connectivity index (χ1n) is 12.0. The number of amides is 1. The van der Waals surface area contributed by atoms with E-state index >= 15 is 0 Å². The molecule has 10 heteroatoms. The van der Waals surface area contributed by atoms with Crippen molar-refractivity contribution in [2.45, 2.75) is 11.8 Å². The molecule has 1 unspecified atom stereocenters. The quantitative estimate of drug-likeness (QED) is 0.169. The standard InChI is InChI=1S/C29H22N4O6/c34-28(25-18-29(25,21-9-3-1-4-10-21)22-11-5-2-6-12-22)31-30-19-20-8-7-13-24(16-20)39-27-15-14-23(32(35)36)17-26(27)33(37)38/h1-17,19,25H,18H2,(H,31,34)/b30-19+. The van der Waals surface area contributed by atoms with Crippen LogP contribution in [0.15, 0.2) is 108 Å². The van der Waals surface area contributed by atoms with Gasteiger partial charge in [0.05, 0.1) is 28.0 Å². The molecule has 1 fully saturated rings. The van der Waals surface area contributed by atoms with Crippen LogP contribution in [0.1, 0.15) is 23.1 Å². The average Bonchev–Trinajstić information content (AvgIpc) is 3.71. The maximum atomic E-state index is 13.1. The molecule has 1 aliphatic rings. The molecule has 4 aromatic rings. The summed E-state index contributed by atoms with van der Waals surface area (Å²) in [4.78, 5) is 34.0. The second-order valence-corrected chi connectivity index (χ2v) is 9.04. The van der Waals surface area contributed by atoms with E-state index in [2.05, 4.69) is 10.5 Å². The van der Waals surface area contributed by atoms with Gasteiger partial charge in [-0.05, 0) is 41.3 Å². The van der Waals surface area contributed by atoms with E-state index in [0.717, 1.165) is 23.3 Å². The van der Waals surface area contributed by atoms with E-state index in [9.17, 15) is 25.0 Å². The highest BCUT2D eigenvalue weighted by molar-refractivity contribution is 5.88. The Morgan fingerprint density at radius 3 is 2.15 bits per heavy atom. The van der Waals surface area contributed by atoms with Crippen molar-refractivity contribution in [3.05, 3.63) is 140 Å². The smallest absolute Gasteiger partial charge is 0.318 e. The first-order valence-corrected chi connectivity index (χ1v) is 12.0. The number of nitrogens with zero attached hydrogens (tertiary/aromatic N) is 3. The van der Waals surface area contributed by atoms with E-state index in [-0.39, 0.29) is 23.3 Å². The molecule has 5 rings (SSSR count). The maximum Gasteiger partial charge on any atom is 0.318 e. The van der Waals surface area contributed by atoms with E-state index in [4.69, 9.17) is 4.74 Å². The van der Waals surface area contributed by atoms with Crippen LogP contribution < -0.4 is 10.2 Å².